The smallest absolute Gasteiger partial charge is 0.307 e. The van der Waals surface area contributed by atoms with Crippen LogP contribution in [0, 0.1) is 11.8 Å². The summed E-state index contributed by atoms with van der Waals surface area (Å²) in [6.07, 6.45) is 2.08. The number of Topliss-reactive ketones (excluding diaryl/α,β-unsaturated/α-hetero) is 1. The van der Waals surface area contributed by atoms with Crippen LogP contribution in [0.2, 0.25) is 0 Å². The SMILES string of the molecule is COc1ccc(C(=O)C2CCCC2C(=O)O)cc1. The summed E-state index contributed by atoms with van der Waals surface area (Å²) in [6.45, 7) is 0. The van der Waals surface area contributed by atoms with Crippen LogP contribution in [0.5, 0.6) is 5.75 Å². The third kappa shape index (κ3) is 2.37. The lowest BCUT2D eigenvalue weighted by Crippen LogP contribution is -2.25. The number of ketones is 1. The third-order valence-corrected chi connectivity index (χ3v) is 3.54. The molecule has 0 bridgehead atoms. The molecule has 0 aromatic heterocycles. The minimum Gasteiger partial charge on any atom is -0.497 e. The molecule has 1 saturated carbocycles. The number of carbonyl (C=O) groups is 2. The first-order valence-corrected chi connectivity index (χ1v) is 6.04. The molecule has 18 heavy (non-hydrogen) atoms. The van der Waals surface area contributed by atoms with Crippen molar-refractivity contribution in [2.45, 2.75) is 19.3 Å². The van der Waals surface area contributed by atoms with E-state index in [1.54, 1.807) is 31.4 Å². The standard InChI is InChI=1S/C14H16O4/c1-18-10-7-5-9(6-8-10)13(15)11-3-2-4-12(11)14(16)17/h5-8,11-12H,2-4H2,1H3,(H,16,17). The Bertz CT molecular complexity index is 449. The fourth-order valence-corrected chi connectivity index (χ4v) is 2.54. The molecule has 1 aliphatic carbocycles. The van der Waals surface area contributed by atoms with Crippen molar-refractivity contribution < 1.29 is 19.4 Å². The van der Waals surface area contributed by atoms with Crippen molar-refractivity contribution in [3.63, 3.8) is 0 Å². The Morgan fingerprint density at radius 3 is 2.33 bits per heavy atom. The molecule has 4 nitrogen and oxygen atoms in total. The van der Waals surface area contributed by atoms with Crippen molar-refractivity contribution in [2.75, 3.05) is 7.11 Å². The highest BCUT2D eigenvalue weighted by Crippen LogP contribution is 2.34. The topological polar surface area (TPSA) is 63.6 Å². The second-order valence-electron chi connectivity index (χ2n) is 4.57. The summed E-state index contributed by atoms with van der Waals surface area (Å²) in [7, 11) is 1.56. The lowest BCUT2D eigenvalue weighted by Gasteiger charge is -2.14. The highest BCUT2D eigenvalue weighted by Gasteiger charge is 2.37. The van der Waals surface area contributed by atoms with Gasteiger partial charge in [-0.15, -0.1) is 0 Å². The number of carboxylic acid groups (broad SMARTS) is 1. The van der Waals surface area contributed by atoms with E-state index < -0.39 is 11.9 Å². The highest BCUT2D eigenvalue weighted by atomic mass is 16.5. The fourth-order valence-electron chi connectivity index (χ4n) is 2.54. The average Bonchev–Trinajstić information content (AvgIpc) is 2.87. The number of rotatable bonds is 4. The maximum Gasteiger partial charge on any atom is 0.307 e. The van der Waals surface area contributed by atoms with Crippen LogP contribution in [-0.2, 0) is 4.79 Å². The maximum atomic E-state index is 12.3. The van der Waals surface area contributed by atoms with E-state index in [9.17, 15) is 9.59 Å². The van der Waals surface area contributed by atoms with Gasteiger partial charge in [-0.05, 0) is 37.1 Å². The molecule has 0 spiro atoms. The van der Waals surface area contributed by atoms with Crippen molar-refractivity contribution in [2.24, 2.45) is 11.8 Å². The Hall–Kier alpha value is -1.84. The molecule has 0 radical (unpaired) electrons. The van der Waals surface area contributed by atoms with E-state index in [-0.39, 0.29) is 11.7 Å². The molecule has 1 aromatic carbocycles. The molecular weight excluding hydrogens is 232 g/mol. The largest absolute Gasteiger partial charge is 0.497 e. The summed E-state index contributed by atoms with van der Waals surface area (Å²) < 4.78 is 5.03. The van der Waals surface area contributed by atoms with Gasteiger partial charge in [0.1, 0.15) is 5.75 Å². The van der Waals surface area contributed by atoms with Crippen LogP contribution in [-0.4, -0.2) is 24.0 Å². The Morgan fingerprint density at radius 1 is 1.17 bits per heavy atom. The van der Waals surface area contributed by atoms with Crippen LogP contribution in [0.3, 0.4) is 0 Å². The van der Waals surface area contributed by atoms with E-state index in [0.717, 1.165) is 6.42 Å². The first kappa shape index (κ1) is 12.6. The molecule has 2 unspecified atom stereocenters. The van der Waals surface area contributed by atoms with Crippen LogP contribution in [0.15, 0.2) is 24.3 Å². The number of hydrogen-bond acceptors (Lipinski definition) is 3. The second kappa shape index (κ2) is 5.21. The number of benzene rings is 1. The molecule has 96 valence electrons. The third-order valence-electron chi connectivity index (χ3n) is 3.54. The molecule has 2 rings (SSSR count). The quantitative estimate of drug-likeness (QED) is 0.831. The van der Waals surface area contributed by atoms with Gasteiger partial charge in [0.2, 0.25) is 0 Å². The molecule has 4 heteroatoms. The highest BCUT2D eigenvalue weighted by molar-refractivity contribution is 6.00. The number of methoxy groups -OCH3 is 1. The van der Waals surface area contributed by atoms with E-state index >= 15 is 0 Å². The number of carboxylic acids is 1. The van der Waals surface area contributed by atoms with Gasteiger partial charge in [0.15, 0.2) is 5.78 Å². The predicted molar refractivity (Wildman–Crippen MR) is 65.8 cm³/mol. The van der Waals surface area contributed by atoms with Crippen molar-refractivity contribution in [1.29, 1.82) is 0 Å². The lowest BCUT2D eigenvalue weighted by molar-refractivity contribution is -0.142. The Kier molecular flexibility index (Phi) is 3.65. The van der Waals surface area contributed by atoms with Crippen LogP contribution in [0.25, 0.3) is 0 Å². The minimum absolute atomic E-state index is 0.0671. The first-order chi connectivity index (χ1) is 8.63. The molecule has 0 heterocycles. The number of aliphatic carboxylic acids is 1. The number of hydrogen-bond donors (Lipinski definition) is 1. The second-order valence-corrected chi connectivity index (χ2v) is 4.57. The zero-order chi connectivity index (χ0) is 13.1. The fraction of sp³-hybridized carbons (Fsp3) is 0.429. The summed E-state index contributed by atoms with van der Waals surface area (Å²) in [5, 5.41) is 9.09. The molecule has 1 fully saturated rings. The molecular formula is C14H16O4. The average molecular weight is 248 g/mol. The zero-order valence-corrected chi connectivity index (χ0v) is 10.3. The van der Waals surface area contributed by atoms with Crippen LogP contribution in [0.4, 0.5) is 0 Å². The summed E-state index contributed by atoms with van der Waals surface area (Å²) in [5.41, 5.74) is 0.564. The predicted octanol–water partition coefficient (Wildman–Crippen LogP) is 2.38. The Balaban J connectivity index is 2.17. The van der Waals surface area contributed by atoms with Gasteiger partial charge < -0.3 is 9.84 Å². The number of ether oxygens (including phenoxy) is 1. The van der Waals surface area contributed by atoms with Crippen molar-refractivity contribution in [1.82, 2.24) is 0 Å². The van der Waals surface area contributed by atoms with E-state index in [1.807, 2.05) is 0 Å². The van der Waals surface area contributed by atoms with Gasteiger partial charge in [0, 0.05) is 11.5 Å². The van der Waals surface area contributed by atoms with E-state index in [0.29, 0.717) is 24.2 Å². The summed E-state index contributed by atoms with van der Waals surface area (Å²) in [4.78, 5) is 23.3. The van der Waals surface area contributed by atoms with Gasteiger partial charge in [0.25, 0.3) is 0 Å². The zero-order valence-electron chi connectivity index (χ0n) is 10.3. The van der Waals surface area contributed by atoms with Gasteiger partial charge in [0.05, 0.1) is 13.0 Å². The van der Waals surface area contributed by atoms with E-state index in [2.05, 4.69) is 0 Å². The molecule has 0 saturated heterocycles. The van der Waals surface area contributed by atoms with E-state index in [1.165, 1.54) is 0 Å². The summed E-state index contributed by atoms with van der Waals surface area (Å²) in [5.74, 6) is -1.15. The van der Waals surface area contributed by atoms with Gasteiger partial charge in [-0.25, -0.2) is 0 Å². The molecule has 1 aromatic rings. The molecule has 0 aliphatic heterocycles. The van der Waals surface area contributed by atoms with Gasteiger partial charge >= 0.3 is 5.97 Å². The summed E-state index contributed by atoms with van der Waals surface area (Å²) >= 11 is 0. The van der Waals surface area contributed by atoms with Crippen molar-refractivity contribution in [3.05, 3.63) is 29.8 Å². The van der Waals surface area contributed by atoms with Crippen molar-refractivity contribution in [3.8, 4) is 5.75 Å². The van der Waals surface area contributed by atoms with Crippen LogP contribution in [0.1, 0.15) is 29.6 Å². The van der Waals surface area contributed by atoms with Crippen molar-refractivity contribution >= 4 is 11.8 Å². The lowest BCUT2D eigenvalue weighted by atomic mass is 9.88. The molecule has 1 N–H and O–H groups in total. The Labute approximate surface area is 106 Å². The first-order valence-electron chi connectivity index (χ1n) is 6.04. The minimum atomic E-state index is -0.862. The molecule has 1 aliphatic rings. The number of carbonyl (C=O) groups excluding carboxylic acids is 1. The molecule has 0 amide bonds. The summed E-state index contributed by atoms with van der Waals surface area (Å²) in [6, 6.07) is 6.83. The monoisotopic (exact) mass is 248 g/mol. The van der Waals surface area contributed by atoms with Gasteiger partial charge in [-0.3, -0.25) is 9.59 Å². The Morgan fingerprint density at radius 2 is 1.78 bits per heavy atom. The maximum absolute atomic E-state index is 12.3. The van der Waals surface area contributed by atoms with E-state index in [4.69, 9.17) is 9.84 Å². The van der Waals surface area contributed by atoms with Gasteiger partial charge in [-0.1, -0.05) is 6.42 Å². The van der Waals surface area contributed by atoms with Crippen LogP contribution >= 0.6 is 0 Å². The van der Waals surface area contributed by atoms with Gasteiger partial charge in [-0.2, -0.15) is 0 Å². The normalized spacial score (nSPS) is 22.7. The van der Waals surface area contributed by atoms with Crippen LogP contribution < -0.4 is 4.74 Å². The molecule has 2 atom stereocenters.